The lowest BCUT2D eigenvalue weighted by atomic mass is 10.1. The van der Waals surface area contributed by atoms with E-state index in [1.807, 2.05) is 30.3 Å². The SMILES string of the molecule is COC[C@@H]1C[C@@H](OC)CN1Cc1ccccc1OCc1ccccn1. The Labute approximate surface area is 149 Å². The normalized spacial score (nSPS) is 20.7. The lowest BCUT2D eigenvalue weighted by Crippen LogP contribution is -2.32. The van der Waals surface area contributed by atoms with Crippen LogP contribution >= 0.6 is 0 Å². The standard InChI is InChI=1S/C20H26N2O3/c1-23-15-18-11-19(24-2)13-22(18)12-16-7-3-4-9-20(16)25-14-17-8-5-6-10-21-17/h3-10,18-19H,11-15H2,1-2H3/t18-,19+/m0/s1. The molecule has 0 radical (unpaired) electrons. The highest BCUT2D eigenvalue weighted by atomic mass is 16.5. The van der Waals surface area contributed by atoms with Crippen molar-refractivity contribution in [3.8, 4) is 5.75 Å². The monoisotopic (exact) mass is 342 g/mol. The summed E-state index contributed by atoms with van der Waals surface area (Å²) in [6.07, 6.45) is 3.05. The van der Waals surface area contributed by atoms with Crippen molar-refractivity contribution in [1.29, 1.82) is 0 Å². The number of likely N-dealkylation sites (tertiary alicyclic amines) is 1. The molecule has 1 aromatic heterocycles. The topological polar surface area (TPSA) is 43.8 Å². The van der Waals surface area contributed by atoms with Crippen molar-refractivity contribution in [3.63, 3.8) is 0 Å². The number of pyridine rings is 1. The quantitative estimate of drug-likeness (QED) is 0.738. The molecule has 5 nitrogen and oxygen atoms in total. The Morgan fingerprint density at radius 3 is 2.72 bits per heavy atom. The first-order valence-corrected chi connectivity index (χ1v) is 8.66. The number of ether oxygens (including phenoxy) is 3. The summed E-state index contributed by atoms with van der Waals surface area (Å²) in [7, 11) is 3.53. The number of methoxy groups -OCH3 is 2. The van der Waals surface area contributed by atoms with E-state index in [1.165, 1.54) is 5.56 Å². The lowest BCUT2D eigenvalue weighted by molar-refractivity contribution is 0.105. The third-order valence-corrected chi connectivity index (χ3v) is 4.63. The van der Waals surface area contributed by atoms with E-state index in [-0.39, 0.29) is 6.10 Å². The van der Waals surface area contributed by atoms with Crippen LogP contribution in [0.3, 0.4) is 0 Å². The smallest absolute Gasteiger partial charge is 0.130 e. The van der Waals surface area contributed by atoms with E-state index < -0.39 is 0 Å². The van der Waals surface area contributed by atoms with Gasteiger partial charge in [-0.3, -0.25) is 9.88 Å². The number of para-hydroxylation sites is 1. The van der Waals surface area contributed by atoms with E-state index >= 15 is 0 Å². The lowest BCUT2D eigenvalue weighted by Gasteiger charge is -2.24. The molecule has 0 spiro atoms. The van der Waals surface area contributed by atoms with Gasteiger partial charge in [0.15, 0.2) is 0 Å². The molecule has 0 saturated carbocycles. The van der Waals surface area contributed by atoms with Crippen LogP contribution in [0, 0.1) is 0 Å². The van der Waals surface area contributed by atoms with Gasteiger partial charge in [0.25, 0.3) is 0 Å². The van der Waals surface area contributed by atoms with Crippen LogP contribution in [0.2, 0.25) is 0 Å². The summed E-state index contributed by atoms with van der Waals surface area (Å²) < 4.78 is 17.0. The molecule has 1 aliphatic rings. The van der Waals surface area contributed by atoms with Crippen molar-refractivity contribution in [3.05, 3.63) is 59.9 Å². The third kappa shape index (κ3) is 4.78. The second-order valence-electron chi connectivity index (χ2n) is 6.35. The molecule has 2 aromatic rings. The van der Waals surface area contributed by atoms with E-state index in [0.717, 1.165) is 37.6 Å². The van der Waals surface area contributed by atoms with Gasteiger partial charge in [-0.2, -0.15) is 0 Å². The first-order chi connectivity index (χ1) is 12.3. The summed E-state index contributed by atoms with van der Waals surface area (Å²) in [5, 5.41) is 0. The zero-order valence-electron chi connectivity index (χ0n) is 14.9. The van der Waals surface area contributed by atoms with Gasteiger partial charge in [-0.15, -0.1) is 0 Å². The molecule has 5 heteroatoms. The van der Waals surface area contributed by atoms with Crippen LogP contribution < -0.4 is 4.74 Å². The summed E-state index contributed by atoms with van der Waals surface area (Å²) in [6, 6.07) is 14.4. The maximum atomic E-state index is 6.03. The highest BCUT2D eigenvalue weighted by molar-refractivity contribution is 5.33. The van der Waals surface area contributed by atoms with Crippen LogP contribution in [0.15, 0.2) is 48.7 Å². The van der Waals surface area contributed by atoms with E-state index in [0.29, 0.717) is 12.6 Å². The predicted octanol–water partition coefficient (Wildman–Crippen LogP) is 2.90. The fourth-order valence-electron chi connectivity index (χ4n) is 3.30. The summed E-state index contributed by atoms with van der Waals surface area (Å²) in [6.45, 7) is 2.93. The van der Waals surface area contributed by atoms with Crippen LogP contribution in [0.1, 0.15) is 17.7 Å². The third-order valence-electron chi connectivity index (χ3n) is 4.63. The van der Waals surface area contributed by atoms with E-state index in [1.54, 1.807) is 20.4 Å². The van der Waals surface area contributed by atoms with Crippen molar-refractivity contribution in [2.75, 3.05) is 27.4 Å². The van der Waals surface area contributed by atoms with Gasteiger partial charge in [-0.05, 0) is 24.6 Å². The summed E-state index contributed by atoms with van der Waals surface area (Å²) in [4.78, 5) is 6.73. The Kier molecular flexibility index (Phi) is 6.39. The molecule has 0 N–H and O–H groups in total. The summed E-state index contributed by atoms with van der Waals surface area (Å²) in [5.41, 5.74) is 2.10. The molecule has 134 valence electrons. The number of hydrogen-bond acceptors (Lipinski definition) is 5. The van der Waals surface area contributed by atoms with E-state index in [4.69, 9.17) is 14.2 Å². The number of hydrogen-bond donors (Lipinski definition) is 0. The fourth-order valence-corrected chi connectivity index (χ4v) is 3.30. The summed E-state index contributed by atoms with van der Waals surface area (Å²) >= 11 is 0. The van der Waals surface area contributed by atoms with Crippen molar-refractivity contribution in [2.24, 2.45) is 0 Å². The molecule has 25 heavy (non-hydrogen) atoms. The molecular formula is C20H26N2O3. The Hall–Kier alpha value is -1.95. The highest BCUT2D eigenvalue weighted by Gasteiger charge is 2.32. The van der Waals surface area contributed by atoms with Crippen molar-refractivity contribution < 1.29 is 14.2 Å². The molecule has 1 fully saturated rings. The summed E-state index contributed by atoms with van der Waals surface area (Å²) in [5.74, 6) is 0.908. The van der Waals surface area contributed by atoms with Crippen LogP contribution in [0.4, 0.5) is 0 Å². The van der Waals surface area contributed by atoms with Crippen LogP contribution in [-0.4, -0.2) is 49.4 Å². The van der Waals surface area contributed by atoms with E-state index in [2.05, 4.69) is 22.0 Å². The zero-order valence-corrected chi connectivity index (χ0v) is 14.9. The van der Waals surface area contributed by atoms with Crippen LogP contribution in [0.25, 0.3) is 0 Å². The molecule has 2 atom stereocenters. The van der Waals surface area contributed by atoms with Gasteiger partial charge in [0.1, 0.15) is 12.4 Å². The van der Waals surface area contributed by atoms with Crippen molar-refractivity contribution >= 4 is 0 Å². The molecule has 0 unspecified atom stereocenters. The maximum Gasteiger partial charge on any atom is 0.130 e. The molecule has 0 bridgehead atoms. The minimum atomic E-state index is 0.266. The molecule has 3 rings (SSSR count). The minimum Gasteiger partial charge on any atom is -0.487 e. The Morgan fingerprint density at radius 1 is 1.12 bits per heavy atom. The second kappa shape index (κ2) is 8.94. The number of rotatable bonds is 8. The number of benzene rings is 1. The average molecular weight is 342 g/mol. The molecule has 2 heterocycles. The van der Waals surface area contributed by atoms with Gasteiger partial charge in [0.2, 0.25) is 0 Å². The van der Waals surface area contributed by atoms with Gasteiger partial charge in [-0.1, -0.05) is 24.3 Å². The Morgan fingerprint density at radius 2 is 1.96 bits per heavy atom. The van der Waals surface area contributed by atoms with Gasteiger partial charge >= 0.3 is 0 Å². The Bertz CT molecular complexity index is 650. The molecule has 1 aliphatic heterocycles. The number of aromatic nitrogens is 1. The molecule has 0 amide bonds. The predicted molar refractivity (Wildman–Crippen MR) is 96.5 cm³/mol. The van der Waals surface area contributed by atoms with Gasteiger partial charge in [0.05, 0.1) is 18.4 Å². The average Bonchev–Trinajstić information content (AvgIpc) is 3.04. The minimum absolute atomic E-state index is 0.266. The first kappa shape index (κ1) is 17.9. The largest absolute Gasteiger partial charge is 0.487 e. The zero-order chi connectivity index (χ0) is 17.5. The van der Waals surface area contributed by atoms with Crippen molar-refractivity contribution in [1.82, 2.24) is 9.88 Å². The maximum absolute atomic E-state index is 6.03. The molecule has 0 aliphatic carbocycles. The van der Waals surface area contributed by atoms with Gasteiger partial charge in [0, 0.05) is 45.1 Å². The first-order valence-electron chi connectivity index (χ1n) is 8.66. The molecule has 1 aromatic carbocycles. The highest BCUT2D eigenvalue weighted by Crippen LogP contribution is 2.27. The molecular weight excluding hydrogens is 316 g/mol. The van der Waals surface area contributed by atoms with Crippen LogP contribution in [0.5, 0.6) is 5.75 Å². The second-order valence-corrected chi connectivity index (χ2v) is 6.35. The molecule has 1 saturated heterocycles. The van der Waals surface area contributed by atoms with Gasteiger partial charge < -0.3 is 14.2 Å². The van der Waals surface area contributed by atoms with Gasteiger partial charge in [-0.25, -0.2) is 0 Å². The van der Waals surface area contributed by atoms with Crippen LogP contribution in [-0.2, 0) is 22.6 Å². The van der Waals surface area contributed by atoms with Crippen molar-refractivity contribution in [2.45, 2.75) is 31.7 Å². The Balaban J connectivity index is 1.67. The van der Waals surface area contributed by atoms with E-state index in [9.17, 15) is 0 Å². The fraction of sp³-hybridized carbons (Fsp3) is 0.450. The number of nitrogens with zero attached hydrogens (tertiary/aromatic N) is 2.